The zero-order valence-corrected chi connectivity index (χ0v) is 11.4. The molecule has 3 heteroatoms. The number of benzene rings is 1. The van der Waals surface area contributed by atoms with Gasteiger partial charge in [-0.1, -0.05) is 12.1 Å². The van der Waals surface area contributed by atoms with Crippen molar-refractivity contribution in [2.45, 2.75) is 45.4 Å². The molecule has 1 heterocycles. The van der Waals surface area contributed by atoms with Crippen molar-refractivity contribution in [3.05, 3.63) is 29.8 Å². The highest BCUT2D eigenvalue weighted by molar-refractivity contribution is 5.27. The zero-order chi connectivity index (χ0) is 13.0. The molecule has 1 aliphatic heterocycles. The number of ether oxygens (including phenoxy) is 1. The highest BCUT2D eigenvalue weighted by Gasteiger charge is 2.21. The second-order valence-electron chi connectivity index (χ2n) is 5.30. The van der Waals surface area contributed by atoms with Crippen molar-refractivity contribution in [1.29, 1.82) is 0 Å². The van der Waals surface area contributed by atoms with Crippen LogP contribution in [0.4, 0.5) is 0 Å². The van der Waals surface area contributed by atoms with E-state index < -0.39 is 0 Å². The van der Waals surface area contributed by atoms with Gasteiger partial charge in [0, 0.05) is 25.7 Å². The third-order valence-electron chi connectivity index (χ3n) is 3.67. The van der Waals surface area contributed by atoms with E-state index in [0.29, 0.717) is 18.7 Å². The summed E-state index contributed by atoms with van der Waals surface area (Å²) in [5, 5.41) is 0. The van der Waals surface area contributed by atoms with E-state index in [-0.39, 0.29) is 0 Å². The first-order valence-corrected chi connectivity index (χ1v) is 6.88. The Kier molecular flexibility index (Phi) is 4.61. The van der Waals surface area contributed by atoms with Crippen LogP contribution < -0.4 is 10.5 Å². The van der Waals surface area contributed by atoms with Crippen LogP contribution in [0, 0.1) is 0 Å². The number of likely N-dealkylation sites (tertiary alicyclic amines) is 1. The maximum atomic E-state index is 6.02. The second kappa shape index (κ2) is 6.21. The van der Waals surface area contributed by atoms with E-state index in [2.05, 4.69) is 18.7 Å². The minimum Gasteiger partial charge on any atom is -0.490 e. The molecule has 0 radical (unpaired) electrons. The summed E-state index contributed by atoms with van der Waals surface area (Å²) in [6.45, 7) is 7.39. The number of piperidine rings is 1. The Morgan fingerprint density at radius 2 is 1.83 bits per heavy atom. The minimum atomic E-state index is 0.365. The van der Waals surface area contributed by atoms with Crippen LogP contribution in [0.15, 0.2) is 24.3 Å². The fraction of sp³-hybridized carbons (Fsp3) is 0.600. The van der Waals surface area contributed by atoms with Gasteiger partial charge in [-0.2, -0.15) is 0 Å². The molecular weight excluding hydrogens is 224 g/mol. The molecule has 0 bridgehead atoms. The molecule has 1 saturated heterocycles. The number of nitrogens with zero attached hydrogens (tertiary/aromatic N) is 1. The van der Waals surface area contributed by atoms with Gasteiger partial charge in [0.15, 0.2) is 0 Å². The van der Waals surface area contributed by atoms with Crippen molar-refractivity contribution in [2.24, 2.45) is 5.73 Å². The largest absolute Gasteiger partial charge is 0.490 e. The molecule has 0 unspecified atom stereocenters. The summed E-state index contributed by atoms with van der Waals surface area (Å²) in [5.74, 6) is 0.968. The molecular formula is C15H24N2O. The Balaban J connectivity index is 1.83. The third-order valence-corrected chi connectivity index (χ3v) is 3.67. The van der Waals surface area contributed by atoms with Gasteiger partial charge in [0.1, 0.15) is 11.9 Å². The molecule has 3 nitrogen and oxygen atoms in total. The van der Waals surface area contributed by atoms with Crippen LogP contribution in [-0.4, -0.2) is 30.1 Å². The lowest BCUT2D eigenvalue weighted by Crippen LogP contribution is -2.41. The predicted molar refractivity (Wildman–Crippen MR) is 74.7 cm³/mol. The highest BCUT2D eigenvalue weighted by Crippen LogP contribution is 2.20. The molecule has 100 valence electrons. The van der Waals surface area contributed by atoms with E-state index in [0.717, 1.165) is 37.2 Å². The van der Waals surface area contributed by atoms with Crippen molar-refractivity contribution >= 4 is 0 Å². The van der Waals surface area contributed by atoms with Crippen molar-refractivity contribution in [1.82, 2.24) is 4.90 Å². The van der Waals surface area contributed by atoms with Crippen molar-refractivity contribution < 1.29 is 4.74 Å². The summed E-state index contributed by atoms with van der Waals surface area (Å²) in [6.07, 6.45) is 2.61. The summed E-state index contributed by atoms with van der Waals surface area (Å²) in [6, 6.07) is 8.78. The predicted octanol–water partition coefficient (Wildman–Crippen LogP) is 2.40. The Morgan fingerprint density at radius 3 is 2.33 bits per heavy atom. The van der Waals surface area contributed by atoms with Crippen LogP contribution in [0.1, 0.15) is 32.3 Å². The number of hydrogen-bond acceptors (Lipinski definition) is 3. The standard InChI is InChI=1S/C15H24N2O/c1-12(2)17-9-7-15(8-10-17)18-14-5-3-13(11-16)4-6-14/h3-6,12,15H,7-11,16H2,1-2H3. The van der Waals surface area contributed by atoms with Gasteiger partial charge >= 0.3 is 0 Å². The molecule has 0 aliphatic carbocycles. The SMILES string of the molecule is CC(C)N1CCC(Oc2ccc(CN)cc2)CC1. The monoisotopic (exact) mass is 248 g/mol. The molecule has 1 aromatic carbocycles. The van der Waals surface area contributed by atoms with Gasteiger partial charge in [-0.05, 0) is 44.4 Å². The molecule has 1 fully saturated rings. The third kappa shape index (κ3) is 3.47. The first-order chi connectivity index (χ1) is 8.69. The van der Waals surface area contributed by atoms with Crippen LogP contribution in [0.2, 0.25) is 0 Å². The van der Waals surface area contributed by atoms with Gasteiger partial charge in [0.25, 0.3) is 0 Å². The lowest BCUT2D eigenvalue weighted by molar-refractivity contribution is 0.0843. The summed E-state index contributed by atoms with van der Waals surface area (Å²) in [5.41, 5.74) is 6.73. The fourth-order valence-electron chi connectivity index (χ4n) is 2.41. The van der Waals surface area contributed by atoms with E-state index >= 15 is 0 Å². The van der Waals surface area contributed by atoms with E-state index in [9.17, 15) is 0 Å². The van der Waals surface area contributed by atoms with Gasteiger partial charge in [-0.25, -0.2) is 0 Å². The van der Waals surface area contributed by atoms with Crippen molar-refractivity contribution in [3.8, 4) is 5.75 Å². The van der Waals surface area contributed by atoms with Gasteiger partial charge in [-0.3, -0.25) is 0 Å². The van der Waals surface area contributed by atoms with Gasteiger partial charge in [0.2, 0.25) is 0 Å². The summed E-state index contributed by atoms with van der Waals surface area (Å²) < 4.78 is 6.02. The molecule has 0 spiro atoms. The molecule has 2 rings (SSSR count). The molecule has 0 saturated carbocycles. The maximum absolute atomic E-state index is 6.02. The second-order valence-corrected chi connectivity index (χ2v) is 5.30. The highest BCUT2D eigenvalue weighted by atomic mass is 16.5. The van der Waals surface area contributed by atoms with E-state index in [1.807, 2.05) is 24.3 Å². The lowest BCUT2D eigenvalue weighted by Gasteiger charge is -2.34. The fourth-order valence-corrected chi connectivity index (χ4v) is 2.41. The van der Waals surface area contributed by atoms with E-state index in [1.54, 1.807) is 0 Å². The van der Waals surface area contributed by atoms with Gasteiger partial charge in [-0.15, -0.1) is 0 Å². The van der Waals surface area contributed by atoms with E-state index in [1.165, 1.54) is 0 Å². The van der Waals surface area contributed by atoms with Crippen molar-refractivity contribution in [3.63, 3.8) is 0 Å². The minimum absolute atomic E-state index is 0.365. The molecule has 0 aromatic heterocycles. The average Bonchev–Trinajstić information content (AvgIpc) is 2.40. The van der Waals surface area contributed by atoms with Crippen LogP contribution >= 0.6 is 0 Å². The number of nitrogens with two attached hydrogens (primary N) is 1. The normalized spacial score (nSPS) is 18.2. The van der Waals surface area contributed by atoms with E-state index in [4.69, 9.17) is 10.5 Å². The molecule has 2 N–H and O–H groups in total. The molecule has 0 amide bonds. The summed E-state index contributed by atoms with van der Waals surface area (Å²) >= 11 is 0. The topological polar surface area (TPSA) is 38.5 Å². The van der Waals surface area contributed by atoms with Crippen LogP contribution in [-0.2, 0) is 6.54 Å². The molecule has 0 atom stereocenters. The lowest BCUT2D eigenvalue weighted by atomic mass is 10.1. The van der Waals surface area contributed by atoms with Crippen LogP contribution in [0.3, 0.4) is 0 Å². The molecule has 1 aliphatic rings. The van der Waals surface area contributed by atoms with Crippen LogP contribution in [0.5, 0.6) is 5.75 Å². The number of hydrogen-bond donors (Lipinski definition) is 1. The zero-order valence-electron chi connectivity index (χ0n) is 11.4. The molecule has 18 heavy (non-hydrogen) atoms. The Bertz CT molecular complexity index is 353. The molecule has 1 aromatic rings. The quantitative estimate of drug-likeness (QED) is 0.889. The Morgan fingerprint density at radius 1 is 1.22 bits per heavy atom. The first-order valence-electron chi connectivity index (χ1n) is 6.88. The van der Waals surface area contributed by atoms with Crippen LogP contribution in [0.25, 0.3) is 0 Å². The van der Waals surface area contributed by atoms with Gasteiger partial charge in [0.05, 0.1) is 0 Å². The average molecular weight is 248 g/mol. The van der Waals surface area contributed by atoms with Crippen molar-refractivity contribution in [2.75, 3.05) is 13.1 Å². The first kappa shape index (κ1) is 13.4. The smallest absolute Gasteiger partial charge is 0.119 e. The maximum Gasteiger partial charge on any atom is 0.119 e. The Hall–Kier alpha value is -1.06. The summed E-state index contributed by atoms with van der Waals surface area (Å²) in [7, 11) is 0. The van der Waals surface area contributed by atoms with Gasteiger partial charge < -0.3 is 15.4 Å². The number of rotatable bonds is 4. The Labute approximate surface area is 110 Å². The summed E-state index contributed by atoms with van der Waals surface area (Å²) in [4.78, 5) is 2.51.